The minimum atomic E-state index is -0.129. The first kappa shape index (κ1) is 27.8. The summed E-state index contributed by atoms with van der Waals surface area (Å²) in [6.07, 6.45) is 5.27. The molecule has 0 aliphatic carbocycles. The zero-order valence-corrected chi connectivity index (χ0v) is 22.8. The number of allylic oxidation sites excluding steroid dienone is 1. The van der Waals surface area contributed by atoms with E-state index in [1.165, 1.54) is 12.4 Å². The van der Waals surface area contributed by atoms with Crippen molar-refractivity contribution in [1.29, 1.82) is 5.41 Å². The number of nitrogens with zero attached hydrogens (tertiary/aromatic N) is 3. The van der Waals surface area contributed by atoms with Crippen LogP contribution in [-0.2, 0) is 17.8 Å². The fourth-order valence-corrected chi connectivity index (χ4v) is 4.53. The monoisotopic (exact) mass is 527 g/mol. The minimum absolute atomic E-state index is 0.0425. The number of amides is 1. The summed E-state index contributed by atoms with van der Waals surface area (Å²) in [7, 11) is 2.09. The molecule has 1 aromatic heterocycles. The fourth-order valence-electron chi connectivity index (χ4n) is 4.53. The summed E-state index contributed by atoms with van der Waals surface area (Å²) in [6, 6.07) is 15.4. The molecule has 1 amide bonds. The Balaban J connectivity index is 1.58. The highest BCUT2D eigenvalue weighted by Gasteiger charge is 2.21. The minimum Gasteiger partial charge on any atom is -0.484 e. The Morgan fingerprint density at radius 3 is 2.64 bits per heavy atom. The van der Waals surface area contributed by atoms with Crippen molar-refractivity contribution in [2.75, 3.05) is 25.5 Å². The Labute approximate surface area is 230 Å². The van der Waals surface area contributed by atoms with Crippen molar-refractivity contribution in [3.05, 3.63) is 71.6 Å². The number of fused-ring (bicyclic) bond motifs is 1. The van der Waals surface area contributed by atoms with Crippen molar-refractivity contribution in [2.24, 2.45) is 5.73 Å². The van der Waals surface area contributed by atoms with Gasteiger partial charge in [0, 0.05) is 60.4 Å². The molecule has 0 spiro atoms. The number of carbonyl (C=O) groups excluding carboxylic acids is 1. The molecule has 2 heterocycles. The quantitative estimate of drug-likeness (QED) is 0.270. The van der Waals surface area contributed by atoms with Gasteiger partial charge in [0.05, 0.1) is 5.69 Å². The van der Waals surface area contributed by atoms with E-state index >= 15 is 0 Å². The summed E-state index contributed by atoms with van der Waals surface area (Å²) in [5, 5.41) is 14.0. The van der Waals surface area contributed by atoms with Crippen molar-refractivity contribution in [2.45, 2.75) is 45.7 Å². The van der Waals surface area contributed by atoms with Gasteiger partial charge in [0.1, 0.15) is 11.6 Å². The molecular weight excluding hydrogens is 490 g/mol. The standard InChI is InChI=1S/C30H37N7O2/c1-4-23(5-2)33-28(38)19-39-25-8-6-7-21(15-25)29-35-27-13-14-37(3)18-26(27)30(36-29)34-24-11-9-20(10-12-24)22(16-31)17-32/h6-12,15-17,23,31H,4-5,13-14,18-19,32H2,1-3H3,(H,33,38)(H,34,35,36)/b22-17+,31-16?. The van der Waals surface area contributed by atoms with Crippen molar-refractivity contribution in [3.63, 3.8) is 0 Å². The third-order valence-corrected chi connectivity index (χ3v) is 6.88. The van der Waals surface area contributed by atoms with Gasteiger partial charge in [-0.1, -0.05) is 38.1 Å². The zero-order valence-electron chi connectivity index (χ0n) is 22.8. The number of hydrogen-bond donors (Lipinski definition) is 4. The number of likely N-dealkylation sites (N-methyl/N-ethyl adjacent to an activating group) is 1. The molecule has 0 atom stereocenters. The number of ether oxygens (including phenoxy) is 1. The van der Waals surface area contributed by atoms with E-state index < -0.39 is 0 Å². The molecule has 0 saturated heterocycles. The summed E-state index contributed by atoms with van der Waals surface area (Å²) in [5.41, 5.74) is 10.9. The van der Waals surface area contributed by atoms with Crippen LogP contribution in [0, 0.1) is 5.41 Å². The van der Waals surface area contributed by atoms with Crippen LogP contribution in [0.4, 0.5) is 11.5 Å². The van der Waals surface area contributed by atoms with Crippen molar-refractivity contribution in [3.8, 4) is 17.1 Å². The van der Waals surface area contributed by atoms with Gasteiger partial charge in [0.2, 0.25) is 0 Å². The highest BCUT2D eigenvalue weighted by Crippen LogP contribution is 2.30. The van der Waals surface area contributed by atoms with Crippen LogP contribution < -0.4 is 21.1 Å². The number of anilines is 2. The molecule has 9 nitrogen and oxygen atoms in total. The fraction of sp³-hybridized carbons (Fsp3) is 0.333. The van der Waals surface area contributed by atoms with Gasteiger partial charge in [0.25, 0.3) is 5.91 Å². The van der Waals surface area contributed by atoms with Crippen LogP contribution in [0.2, 0.25) is 0 Å². The van der Waals surface area contributed by atoms with Crippen LogP contribution in [0.5, 0.6) is 5.75 Å². The number of rotatable bonds is 11. The lowest BCUT2D eigenvalue weighted by atomic mass is 10.0. The Morgan fingerprint density at radius 1 is 1.18 bits per heavy atom. The molecule has 0 radical (unpaired) electrons. The number of aromatic nitrogens is 2. The molecule has 0 fully saturated rings. The largest absolute Gasteiger partial charge is 0.484 e. The lowest BCUT2D eigenvalue weighted by Crippen LogP contribution is -2.37. The molecule has 204 valence electrons. The third-order valence-electron chi connectivity index (χ3n) is 6.88. The van der Waals surface area contributed by atoms with E-state index in [0.29, 0.717) is 17.1 Å². The predicted octanol–water partition coefficient (Wildman–Crippen LogP) is 4.51. The maximum atomic E-state index is 12.3. The predicted molar refractivity (Wildman–Crippen MR) is 156 cm³/mol. The van der Waals surface area contributed by atoms with Gasteiger partial charge in [-0.15, -0.1) is 0 Å². The smallest absolute Gasteiger partial charge is 0.258 e. The van der Waals surface area contributed by atoms with Gasteiger partial charge in [0.15, 0.2) is 12.4 Å². The van der Waals surface area contributed by atoms with Crippen molar-refractivity contribution in [1.82, 2.24) is 20.2 Å². The average molecular weight is 528 g/mol. The lowest BCUT2D eigenvalue weighted by Gasteiger charge is -2.26. The second-order valence-electron chi connectivity index (χ2n) is 9.67. The highest BCUT2D eigenvalue weighted by atomic mass is 16.5. The molecule has 0 bridgehead atoms. The van der Waals surface area contributed by atoms with Crippen LogP contribution in [0.25, 0.3) is 17.0 Å². The first-order chi connectivity index (χ1) is 18.9. The summed E-state index contributed by atoms with van der Waals surface area (Å²) >= 11 is 0. The van der Waals surface area contributed by atoms with E-state index in [0.717, 1.165) is 66.2 Å². The molecule has 1 aliphatic rings. The van der Waals surface area contributed by atoms with E-state index in [1.54, 1.807) is 0 Å². The second kappa shape index (κ2) is 13.0. The molecular formula is C30H37N7O2. The first-order valence-electron chi connectivity index (χ1n) is 13.3. The summed E-state index contributed by atoms with van der Waals surface area (Å²) in [6.45, 7) is 5.74. The molecule has 1 aliphatic heterocycles. The van der Waals surface area contributed by atoms with Crippen LogP contribution in [-0.4, -0.2) is 53.2 Å². The van der Waals surface area contributed by atoms with Crippen LogP contribution >= 0.6 is 0 Å². The number of hydrogen-bond acceptors (Lipinski definition) is 8. The van der Waals surface area contributed by atoms with Gasteiger partial charge in [-0.25, -0.2) is 9.97 Å². The number of benzene rings is 2. The lowest BCUT2D eigenvalue weighted by molar-refractivity contribution is -0.123. The van der Waals surface area contributed by atoms with Gasteiger partial charge < -0.3 is 31.4 Å². The Bertz CT molecular complexity index is 1330. The Morgan fingerprint density at radius 2 is 1.95 bits per heavy atom. The Hall–Kier alpha value is -4.24. The molecule has 9 heteroatoms. The zero-order chi connectivity index (χ0) is 27.8. The van der Waals surface area contributed by atoms with E-state index in [2.05, 4.69) is 36.4 Å². The summed E-state index contributed by atoms with van der Waals surface area (Å²) in [4.78, 5) is 24.4. The molecule has 2 aromatic carbocycles. The average Bonchev–Trinajstić information content (AvgIpc) is 2.96. The third kappa shape index (κ3) is 7.00. The van der Waals surface area contributed by atoms with Crippen LogP contribution in [0.15, 0.2) is 54.7 Å². The molecule has 0 saturated carbocycles. The molecule has 4 rings (SSSR count). The summed E-state index contributed by atoms with van der Waals surface area (Å²) in [5.74, 6) is 1.82. The maximum absolute atomic E-state index is 12.3. The number of carbonyl (C=O) groups is 1. The van der Waals surface area contributed by atoms with Crippen LogP contribution in [0.3, 0.4) is 0 Å². The van der Waals surface area contributed by atoms with Crippen molar-refractivity contribution >= 4 is 29.2 Å². The highest BCUT2D eigenvalue weighted by molar-refractivity contribution is 6.08. The normalized spacial score (nSPS) is 13.6. The van der Waals surface area contributed by atoms with E-state index in [-0.39, 0.29) is 18.6 Å². The first-order valence-corrected chi connectivity index (χ1v) is 13.3. The van der Waals surface area contributed by atoms with E-state index in [9.17, 15) is 4.79 Å². The number of nitrogens with one attached hydrogen (secondary N) is 3. The molecule has 3 aromatic rings. The van der Waals surface area contributed by atoms with Gasteiger partial charge in [-0.05, 0) is 49.7 Å². The Kier molecular flexibility index (Phi) is 9.27. The second-order valence-corrected chi connectivity index (χ2v) is 9.67. The molecule has 39 heavy (non-hydrogen) atoms. The van der Waals surface area contributed by atoms with E-state index in [1.807, 2.05) is 48.5 Å². The SMILES string of the molecule is CCC(CC)NC(=O)COc1cccc(-c2nc3c(c(Nc4ccc(/C(C=N)=C/N)cc4)n2)CN(C)CC3)c1. The maximum Gasteiger partial charge on any atom is 0.258 e. The van der Waals surface area contributed by atoms with E-state index in [4.69, 9.17) is 25.8 Å². The summed E-state index contributed by atoms with van der Waals surface area (Å²) < 4.78 is 5.80. The van der Waals surface area contributed by atoms with Crippen molar-refractivity contribution < 1.29 is 9.53 Å². The molecule has 5 N–H and O–H groups in total. The number of nitrogens with two attached hydrogens (primary N) is 1. The van der Waals surface area contributed by atoms with Gasteiger partial charge in [-0.2, -0.15) is 0 Å². The topological polar surface area (TPSA) is 129 Å². The molecule has 0 unspecified atom stereocenters. The van der Waals surface area contributed by atoms with Crippen LogP contribution in [0.1, 0.15) is 43.5 Å². The van der Waals surface area contributed by atoms with Gasteiger partial charge in [-0.3, -0.25) is 4.79 Å². The van der Waals surface area contributed by atoms with Gasteiger partial charge >= 0.3 is 0 Å².